The van der Waals surface area contributed by atoms with Gasteiger partial charge in [0.15, 0.2) is 0 Å². The molecule has 27 heavy (non-hydrogen) atoms. The molecule has 2 aromatic carbocycles. The molecule has 1 heterocycles. The van der Waals surface area contributed by atoms with E-state index in [1.165, 1.54) is 0 Å². The summed E-state index contributed by atoms with van der Waals surface area (Å²) in [6.45, 7) is 4.53. The number of amides is 1. The number of nitrogens with one attached hydrogen (secondary N) is 2. The number of fused-ring (bicyclic) bond motifs is 1. The van der Waals surface area contributed by atoms with Crippen LogP contribution in [-0.2, 0) is 11.2 Å². The van der Waals surface area contributed by atoms with Crippen LogP contribution < -0.4 is 14.9 Å². The second kappa shape index (κ2) is 8.40. The Kier molecular flexibility index (Phi) is 5.76. The van der Waals surface area contributed by atoms with Crippen molar-refractivity contribution in [3.63, 3.8) is 0 Å². The fourth-order valence-corrected chi connectivity index (χ4v) is 2.91. The fourth-order valence-electron chi connectivity index (χ4n) is 2.91. The number of carbonyl (C=O) groups excluding carboxylic acids is 1. The van der Waals surface area contributed by atoms with E-state index in [2.05, 4.69) is 15.5 Å². The molecule has 0 radical (unpaired) electrons. The largest absolute Gasteiger partial charge is 0.497 e. The molecule has 0 saturated carbocycles. The lowest BCUT2D eigenvalue weighted by Gasteiger charge is -2.03. The first-order valence-corrected chi connectivity index (χ1v) is 8.80. The highest BCUT2D eigenvalue weighted by atomic mass is 16.5. The van der Waals surface area contributed by atoms with Crippen LogP contribution in [-0.4, -0.2) is 30.8 Å². The van der Waals surface area contributed by atoms with E-state index >= 15 is 0 Å². The first-order valence-electron chi connectivity index (χ1n) is 8.80. The van der Waals surface area contributed by atoms with Gasteiger partial charge in [-0.05, 0) is 67.4 Å². The van der Waals surface area contributed by atoms with Gasteiger partial charge in [0, 0.05) is 16.6 Å². The third-order valence-corrected chi connectivity index (χ3v) is 4.26. The van der Waals surface area contributed by atoms with Crippen molar-refractivity contribution in [2.24, 2.45) is 5.10 Å². The Bertz CT molecular complexity index is 959. The average Bonchev–Trinajstić information content (AvgIpc) is 2.98. The number of hydrogen-bond acceptors (Lipinski definition) is 4. The summed E-state index contributed by atoms with van der Waals surface area (Å²) >= 11 is 0. The zero-order chi connectivity index (χ0) is 19.2. The number of aromatic nitrogens is 1. The molecule has 0 bridgehead atoms. The van der Waals surface area contributed by atoms with Crippen LogP contribution in [0.5, 0.6) is 11.5 Å². The van der Waals surface area contributed by atoms with Gasteiger partial charge in [0.1, 0.15) is 11.5 Å². The first kappa shape index (κ1) is 18.5. The number of aryl methyl sites for hydroxylation is 1. The number of methoxy groups -OCH3 is 1. The zero-order valence-electron chi connectivity index (χ0n) is 15.7. The third kappa shape index (κ3) is 4.47. The molecule has 0 aliphatic rings. The molecular formula is C21H23N3O3. The SMILES string of the molecule is CCOc1ccc(C=NNC(=O)Cc2c(C)[nH]c3ccc(OC)cc23)cc1. The number of H-pyrrole nitrogens is 1. The summed E-state index contributed by atoms with van der Waals surface area (Å²) in [6, 6.07) is 13.3. The van der Waals surface area contributed by atoms with Gasteiger partial charge in [-0.25, -0.2) is 5.43 Å². The van der Waals surface area contributed by atoms with E-state index < -0.39 is 0 Å². The Balaban J connectivity index is 1.65. The summed E-state index contributed by atoms with van der Waals surface area (Å²) in [5.41, 5.74) is 6.35. The fraction of sp³-hybridized carbons (Fsp3) is 0.238. The maximum atomic E-state index is 12.3. The van der Waals surface area contributed by atoms with Crippen LogP contribution in [0.2, 0.25) is 0 Å². The Labute approximate surface area is 158 Å². The highest BCUT2D eigenvalue weighted by molar-refractivity contribution is 5.91. The molecule has 3 aromatic rings. The smallest absolute Gasteiger partial charge is 0.244 e. The summed E-state index contributed by atoms with van der Waals surface area (Å²) in [5, 5.41) is 5.02. The number of aromatic amines is 1. The molecule has 0 spiro atoms. The summed E-state index contributed by atoms with van der Waals surface area (Å²) < 4.78 is 10.7. The predicted molar refractivity (Wildman–Crippen MR) is 107 cm³/mol. The number of benzene rings is 2. The normalized spacial score (nSPS) is 11.1. The van der Waals surface area contributed by atoms with E-state index in [9.17, 15) is 4.79 Å². The standard InChI is InChI=1S/C21H23N3O3/c1-4-27-16-7-5-15(6-8-16)13-22-24-21(25)12-18-14(2)23-20-10-9-17(26-3)11-19(18)20/h5-11,13,23H,4,12H2,1-3H3,(H,24,25). The minimum Gasteiger partial charge on any atom is -0.497 e. The van der Waals surface area contributed by atoms with Crippen molar-refractivity contribution in [2.75, 3.05) is 13.7 Å². The van der Waals surface area contributed by atoms with Crippen molar-refractivity contribution in [1.29, 1.82) is 0 Å². The summed E-state index contributed by atoms with van der Waals surface area (Å²) in [4.78, 5) is 15.6. The maximum Gasteiger partial charge on any atom is 0.244 e. The van der Waals surface area contributed by atoms with Crippen LogP contribution >= 0.6 is 0 Å². The molecule has 1 amide bonds. The van der Waals surface area contributed by atoms with Gasteiger partial charge in [0.2, 0.25) is 5.91 Å². The van der Waals surface area contributed by atoms with Crippen molar-refractivity contribution in [3.05, 3.63) is 59.3 Å². The Morgan fingerprint density at radius 2 is 1.93 bits per heavy atom. The van der Waals surface area contributed by atoms with Crippen LogP contribution in [0.4, 0.5) is 0 Å². The van der Waals surface area contributed by atoms with Gasteiger partial charge < -0.3 is 14.5 Å². The number of nitrogens with zero attached hydrogens (tertiary/aromatic N) is 1. The summed E-state index contributed by atoms with van der Waals surface area (Å²) in [5.74, 6) is 1.39. The van der Waals surface area contributed by atoms with E-state index in [-0.39, 0.29) is 12.3 Å². The average molecular weight is 365 g/mol. The minimum atomic E-state index is -0.177. The monoisotopic (exact) mass is 365 g/mol. The van der Waals surface area contributed by atoms with Gasteiger partial charge >= 0.3 is 0 Å². The molecule has 0 saturated heterocycles. The Morgan fingerprint density at radius 3 is 2.63 bits per heavy atom. The molecule has 140 valence electrons. The number of hydrazone groups is 1. The predicted octanol–water partition coefficient (Wildman–Crippen LogP) is 3.58. The summed E-state index contributed by atoms with van der Waals surface area (Å²) in [7, 11) is 1.63. The van der Waals surface area contributed by atoms with E-state index in [0.717, 1.165) is 39.2 Å². The number of hydrogen-bond donors (Lipinski definition) is 2. The highest BCUT2D eigenvalue weighted by Gasteiger charge is 2.13. The van der Waals surface area contributed by atoms with Gasteiger partial charge in [-0.1, -0.05) is 0 Å². The van der Waals surface area contributed by atoms with E-state index in [1.54, 1.807) is 13.3 Å². The summed E-state index contributed by atoms with van der Waals surface area (Å²) in [6.07, 6.45) is 1.85. The quantitative estimate of drug-likeness (QED) is 0.496. The molecule has 0 unspecified atom stereocenters. The van der Waals surface area contributed by atoms with E-state index in [4.69, 9.17) is 9.47 Å². The lowest BCUT2D eigenvalue weighted by molar-refractivity contribution is -0.120. The molecule has 0 fully saturated rings. The number of carbonyl (C=O) groups is 1. The molecule has 0 aliphatic carbocycles. The van der Waals surface area contributed by atoms with Gasteiger partial charge in [0.25, 0.3) is 0 Å². The lowest BCUT2D eigenvalue weighted by atomic mass is 10.1. The highest BCUT2D eigenvalue weighted by Crippen LogP contribution is 2.26. The lowest BCUT2D eigenvalue weighted by Crippen LogP contribution is -2.20. The molecular weight excluding hydrogens is 342 g/mol. The van der Waals surface area contributed by atoms with Crippen molar-refractivity contribution < 1.29 is 14.3 Å². The molecule has 6 heteroatoms. The van der Waals surface area contributed by atoms with Crippen LogP contribution in [0.25, 0.3) is 10.9 Å². The maximum absolute atomic E-state index is 12.3. The van der Waals surface area contributed by atoms with Crippen LogP contribution in [0.3, 0.4) is 0 Å². The molecule has 3 rings (SSSR count). The molecule has 1 aromatic heterocycles. The van der Waals surface area contributed by atoms with E-state index in [1.807, 2.05) is 56.3 Å². The van der Waals surface area contributed by atoms with Crippen molar-refractivity contribution in [3.8, 4) is 11.5 Å². The topological polar surface area (TPSA) is 75.7 Å². The molecule has 2 N–H and O–H groups in total. The Morgan fingerprint density at radius 1 is 1.19 bits per heavy atom. The van der Waals surface area contributed by atoms with E-state index in [0.29, 0.717) is 6.61 Å². The Hall–Kier alpha value is -3.28. The van der Waals surface area contributed by atoms with Crippen molar-refractivity contribution in [1.82, 2.24) is 10.4 Å². The van der Waals surface area contributed by atoms with Gasteiger partial charge in [-0.15, -0.1) is 0 Å². The first-order chi connectivity index (χ1) is 13.1. The molecule has 0 aliphatic heterocycles. The second-order valence-electron chi connectivity index (χ2n) is 6.11. The van der Waals surface area contributed by atoms with Crippen molar-refractivity contribution >= 4 is 23.0 Å². The second-order valence-corrected chi connectivity index (χ2v) is 6.11. The van der Waals surface area contributed by atoms with Gasteiger partial charge in [0.05, 0.1) is 26.4 Å². The molecule has 0 atom stereocenters. The van der Waals surface area contributed by atoms with Gasteiger partial charge in [-0.2, -0.15) is 5.10 Å². The van der Waals surface area contributed by atoms with Crippen molar-refractivity contribution in [2.45, 2.75) is 20.3 Å². The third-order valence-electron chi connectivity index (χ3n) is 4.26. The number of rotatable bonds is 7. The van der Waals surface area contributed by atoms with Gasteiger partial charge in [-0.3, -0.25) is 4.79 Å². The van der Waals surface area contributed by atoms with Crippen LogP contribution in [0.1, 0.15) is 23.7 Å². The zero-order valence-corrected chi connectivity index (χ0v) is 15.7. The molecule has 6 nitrogen and oxygen atoms in total. The van der Waals surface area contributed by atoms with Crippen LogP contribution in [0, 0.1) is 6.92 Å². The number of ether oxygens (including phenoxy) is 2. The minimum absolute atomic E-state index is 0.177. The van der Waals surface area contributed by atoms with Crippen LogP contribution in [0.15, 0.2) is 47.6 Å².